The van der Waals surface area contributed by atoms with Crippen LogP contribution in [0.1, 0.15) is 25.7 Å². The van der Waals surface area contributed by atoms with E-state index in [0.29, 0.717) is 38.8 Å². The summed E-state index contributed by atoms with van der Waals surface area (Å²) >= 11 is 0. The second-order valence-electron chi connectivity index (χ2n) is 7.13. The number of likely N-dealkylation sites (tertiary alicyclic amines) is 1. The smallest absolute Gasteiger partial charge is 0.243 e. The van der Waals surface area contributed by atoms with Gasteiger partial charge in [0.1, 0.15) is 5.82 Å². The van der Waals surface area contributed by atoms with Gasteiger partial charge in [0.2, 0.25) is 21.8 Å². The molecule has 0 unspecified atom stereocenters. The minimum atomic E-state index is -3.68. The third kappa shape index (κ3) is 4.30. The lowest BCUT2D eigenvalue weighted by atomic mass is 9.92. The minimum absolute atomic E-state index is 0.0248. The molecule has 1 aromatic carbocycles. The van der Waals surface area contributed by atoms with Crippen LogP contribution in [0.4, 0.5) is 4.39 Å². The van der Waals surface area contributed by atoms with Crippen LogP contribution in [0, 0.1) is 17.7 Å². The van der Waals surface area contributed by atoms with Gasteiger partial charge in [0, 0.05) is 38.0 Å². The van der Waals surface area contributed by atoms with E-state index in [1.165, 1.54) is 16.4 Å². The van der Waals surface area contributed by atoms with Gasteiger partial charge in [0.05, 0.1) is 4.90 Å². The van der Waals surface area contributed by atoms with Crippen LogP contribution in [0.25, 0.3) is 0 Å². The lowest BCUT2D eigenvalue weighted by Gasteiger charge is -2.36. The van der Waals surface area contributed by atoms with E-state index in [2.05, 4.69) is 0 Å². The number of rotatable bonds is 4. The molecule has 2 amide bonds. The van der Waals surface area contributed by atoms with Gasteiger partial charge in [0.25, 0.3) is 0 Å². The average molecular weight is 397 g/mol. The molecule has 2 aliphatic rings. The molecular weight excluding hydrogens is 373 g/mol. The average Bonchev–Trinajstić information content (AvgIpc) is 2.68. The third-order valence-electron chi connectivity index (χ3n) is 5.46. The standard InChI is InChI=1S/C18H24FN3O4S/c19-15-1-3-16(4-2-15)27(25,26)22-11-7-14(8-12-22)18(24)21-9-5-13(6-10-21)17(20)23/h1-4,13-14H,5-12H2,(H2,20,23). The maximum atomic E-state index is 13.0. The molecule has 1 aromatic rings. The van der Waals surface area contributed by atoms with Crippen molar-refractivity contribution in [1.29, 1.82) is 0 Å². The fraction of sp³-hybridized carbons (Fsp3) is 0.556. The van der Waals surface area contributed by atoms with Crippen molar-refractivity contribution in [2.24, 2.45) is 17.6 Å². The van der Waals surface area contributed by atoms with Crippen molar-refractivity contribution in [2.75, 3.05) is 26.2 Å². The van der Waals surface area contributed by atoms with Gasteiger partial charge in [0.15, 0.2) is 0 Å². The number of hydrogen-bond acceptors (Lipinski definition) is 4. The van der Waals surface area contributed by atoms with Crippen LogP contribution < -0.4 is 5.73 Å². The van der Waals surface area contributed by atoms with Crippen LogP contribution >= 0.6 is 0 Å². The first-order valence-electron chi connectivity index (χ1n) is 9.13. The van der Waals surface area contributed by atoms with Gasteiger partial charge in [-0.25, -0.2) is 12.8 Å². The Morgan fingerprint density at radius 1 is 0.926 bits per heavy atom. The van der Waals surface area contributed by atoms with E-state index >= 15 is 0 Å². The summed E-state index contributed by atoms with van der Waals surface area (Å²) in [6.07, 6.45) is 2.07. The third-order valence-corrected chi connectivity index (χ3v) is 7.38. The maximum Gasteiger partial charge on any atom is 0.243 e. The molecule has 9 heteroatoms. The summed E-state index contributed by atoms with van der Waals surface area (Å²) in [7, 11) is -3.68. The Bertz CT molecular complexity index is 796. The first-order chi connectivity index (χ1) is 12.8. The number of amides is 2. The van der Waals surface area contributed by atoms with Crippen molar-refractivity contribution < 1.29 is 22.4 Å². The summed E-state index contributed by atoms with van der Waals surface area (Å²) in [5.74, 6) is -1.16. The summed E-state index contributed by atoms with van der Waals surface area (Å²) in [6, 6.07) is 4.76. The summed E-state index contributed by atoms with van der Waals surface area (Å²) in [4.78, 5) is 25.7. The molecule has 2 fully saturated rings. The summed E-state index contributed by atoms with van der Waals surface area (Å²) in [5.41, 5.74) is 5.32. The number of halogens is 1. The molecule has 0 aliphatic carbocycles. The van der Waals surface area contributed by atoms with Crippen molar-refractivity contribution in [1.82, 2.24) is 9.21 Å². The van der Waals surface area contributed by atoms with Crippen molar-refractivity contribution in [2.45, 2.75) is 30.6 Å². The molecular formula is C18H24FN3O4S. The topological polar surface area (TPSA) is 101 Å². The quantitative estimate of drug-likeness (QED) is 0.817. The Balaban J connectivity index is 1.56. The van der Waals surface area contributed by atoms with Crippen molar-refractivity contribution in [3.63, 3.8) is 0 Å². The summed E-state index contributed by atoms with van der Waals surface area (Å²) in [5, 5.41) is 0. The van der Waals surface area contributed by atoms with E-state index in [0.717, 1.165) is 12.1 Å². The molecule has 0 bridgehead atoms. The number of primary amides is 1. The fourth-order valence-electron chi connectivity index (χ4n) is 3.74. The second-order valence-corrected chi connectivity index (χ2v) is 9.07. The Labute approximate surface area is 158 Å². The molecule has 2 N–H and O–H groups in total. The van der Waals surface area contributed by atoms with E-state index in [1.807, 2.05) is 0 Å². The summed E-state index contributed by atoms with van der Waals surface area (Å²) in [6.45, 7) is 1.54. The van der Waals surface area contributed by atoms with Gasteiger partial charge in [-0.15, -0.1) is 0 Å². The normalized spacial score (nSPS) is 20.6. The van der Waals surface area contributed by atoms with Gasteiger partial charge in [-0.1, -0.05) is 0 Å². The van der Waals surface area contributed by atoms with Gasteiger partial charge in [-0.05, 0) is 49.9 Å². The number of hydrogen-bond donors (Lipinski definition) is 1. The van der Waals surface area contributed by atoms with Crippen molar-refractivity contribution >= 4 is 21.8 Å². The van der Waals surface area contributed by atoms with E-state index in [9.17, 15) is 22.4 Å². The van der Waals surface area contributed by atoms with Crippen molar-refractivity contribution in [3.8, 4) is 0 Å². The Morgan fingerprint density at radius 3 is 1.96 bits per heavy atom. The molecule has 2 saturated heterocycles. The predicted octanol–water partition coefficient (Wildman–Crippen LogP) is 0.950. The molecule has 0 spiro atoms. The molecule has 0 radical (unpaired) electrons. The molecule has 3 rings (SSSR count). The second kappa shape index (κ2) is 7.93. The van der Waals surface area contributed by atoms with Crippen LogP contribution in [0.2, 0.25) is 0 Å². The Kier molecular flexibility index (Phi) is 5.81. The lowest BCUT2D eigenvalue weighted by Crippen LogP contribution is -2.47. The van der Waals surface area contributed by atoms with Gasteiger partial charge in [-0.3, -0.25) is 9.59 Å². The highest BCUT2D eigenvalue weighted by Gasteiger charge is 2.35. The number of sulfonamides is 1. The molecule has 2 heterocycles. The van der Waals surface area contributed by atoms with E-state index in [4.69, 9.17) is 5.73 Å². The number of nitrogens with two attached hydrogens (primary N) is 1. The molecule has 2 aliphatic heterocycles. The number of benzene rings is 1. The van der Waals surface area contributed by atoms with Gasteiger partial charge >= 0.3 is 0 Å². The molecule has 27 heavy (non-hydrogen) atoms. The highest BCUT2D eigenvalue weighted by atomic mass is 32.2. The van der Waals surface area contributed by atoms with Crippen molar-refractivity contribution in [3.05, 3.63) is 30.1 Å². The van der Waals surface area contributed by atoms with Gasteiger partial charge in [-0.2, -0.15) is 4.31 Å². The molecule has 0 atom stereocenters. The number of carbonyl (C=O) groups is 2. The fourth-order valence-corrected chi connectivity index (χ4v) is 5.21. The van der Waals surface area contributed by atoms with Crippen LogP contribution in [0.5, 0.6) is 0 Å². The van der Waals surface area contributed by atoms with E-state index < -0.39 is 15.8 Å². The number of piperidine rings is 2. The molecule has 0 aromatic heterocycles. The number of carbonyl (C=O) groups excluding carboxylic acids is 2. The van der Waals surface area contributed by atoms with E-state index in [-0.39, 0.29) is 41.6 Å². The van der Waals surface area contributed by atoms with Crippen LogP contribution in [-0.2, 0) is 19.6 Å². The van der Waals surface area contributed by atoms with Crippen LogP contribution in [-0.4, -0.2) is 55.6 Å². The van der Waals surface area contributed by atoms with Crippen LogP contribution in [0.15, 0.2) is 29.2 Å². The SMILES string of the molecule is NC(=O)C1CCN(C(=O)C2CCN(S(=O)(=O)c3ccc(F)cc3)CC2)CC1. The maximum absolute atomic E-state index is 13.0. The van der Waals surface area contributed by atoms with E-state index in [1.54, 1.807) is 4.90 Å². The first-order valence-corrected chi connectivity index (χ1v) is 10.6. The minimum Gasteiger partial charge on any atom is -0.369 e. The zero-order chi connectivity index (χ0) is 19.6. The highest BCUT2D eigenvalue weighted by molar-refractivity contribution is 7.89. The molecule has 148 valence electrons. The Morgan fingerprint density at radius 2 is 1.44 bits per heavy atom. The zero-order valence-electron chi connectivity index (χ0n) is 15.0. The number of nitrogens with zero attached hydrogens (tertiary/aromatic N) is 2. The largest absolute Gasteiger partial charge is 0.369 e. The first kappa shape index (κ1) is 19.8. The Hall–Kier alpha value is -2.00. The molecule has 0 saturated carbocycles. The lowest BCUT2D eigenvalue weighted by molar-refractivity contribution is -0.139. The highest BCUT2D eigenvalue weighted by Crippen LogP contribution is 2.27. The zero-order valence-corrected chi connectivity index (χ0v) is 15.8. The molecule has 7 nitrogen and oxygen atoms in total. The monoisotopic (exact) mass is 397 g/mol. The summed E-state index contributed by atoms with van der Waals surface area (Å²) < 4.78 is 39.7. The van der Waals surface area contributed by atoms with Crippen LogP contribution in [0.3, 0.4) is 0 Å². The predicted molar refractivity (Wildman–Crippen MR) is 96.4 cm³/mol. The van der Waals surface area contributed by atoms with Gasteiger partial charge < -0.3 is 10.6 Å².